The van der Waals surface area contributed by atoms with Crippen LogP contribution in [0.2, 0.25) is 0 Å². The number of amides is 1. The van der Waals surface area contributed by atoms with E-state index in [1.54, 1.807) is 24.3 Å². The van der Waals surface area contributed by atoms with Gasteiger partial charge in [0.25, 0.3) is 5.91 Å². The Morgan fingerprint density at radius 3 is 2.76 bits per heavy atom. The number of hydrogen-bond donors (Lipinski definition) is 2. The lowest BCUT2D eigenvalue weighted by Gasteiger charge is -2.25. The molecule has 92 valence electrons. The first-order valence-corrected chi connectivity index (χ1v) is 5.73. The fraction of sp³-hybridized carbons (Fsp3) is 0.462. The molecule has 1 fully saturated rings. The predicted molar refractivity (Wildman–Crippen MR) is 63.4 cm³/mol. The van der Waals surface area contributed by atoms with Crippen LogP contribution in [0.5, 0.6) is 0 Å². The van der Waals surface area contributed by atoms with Crippen LogP contribution in [0.4, 0.5) is 0 Å². The molecule has 0 radical (unpaired) electrons. The molecule has 0 aliphatic carbocycles. The summed E-state index contributed by atoms with van der Waals surface area (Å²) in [5.74, 6) is -0.371. The molecule has 2 N–H and O–H groups in total. The third-order valence-electron chi connectivity index (χ3n) is 3.01. The van der Waals surface area contributed by atoms with E-state index in [-0.39, 0.29) is 11.4 Å². The molecule has 2 atom stereocenters. The number of carbonyl (C=O) groups excluding carboxylic acids is 1. The number of aliphatic hydroxyl groups excluding tert-OH is 1. The summed E-state index contributed by atoms with van der Waals surface area (Å²) in [6.07, 6.45) is -0.339. The van der Waals surface area contributed by atoms with E-state index in [1.165, 1.54) is 0 Å². The molecule has 1 aliphatic rings. The Kier molecular flexibility index (Phi) is 3.45. The van der Waals surface area contributed by atoms with E-state index in [0.29, 0.717) is 18.8 Å². The van der Waals surface area contributed by atoms with Crippen molar-refractivity contribution in [3.05, 3.63) is 35.9 Å². The van der Waals surface area contributed by atoms with Crippen LogP contribution < -0.4 is 5.32 Å². The van der Waals surface area contributed by atoms with Crippen LogP contribution in [0.1, 0.15) is 25.0 Å². The molecule has 2 rings (SSSR count). The van der Waals surface area contributed by atoms with Gasteiger partial charge in [-0.3, -0.25) is 4.79 Å². The van der Waals surface area contributed by atoms with Crippen molar-refractivity contribution in [3.63, 3.8) is 0 Å². The Morgan fingerprint density at radius 1 is 1.47 bits per heavy atom. The molecule has 1 aromatic carbocycles. The van der Waals surface area contributed by atoms with Crippen molar-refractivity contribution in [3.8, 4) is 0 Å². The summed E-state index contributed by atoms with van der Waals surface area (Å²) >= 11 is 0. The normalized spacial score (nSPS) is 25.5. The maximum absolute atomic E-state index is 11.9. The molecule has 1 aliphatic heterocycles. The van der Waals surface area contributed by atoms with E-state index in [4.69, 9.17) is 4.74 Å². The quantitative estimate of drug-likeness (QED) is 0.822. The minimum absolute atomic E-state index is 0.354. The van der Waals surface area contributed by atoms with Gasteiger partial charge in [-0.15, -0.1) is 0 Å². The molecule has 1 amide bonds. The van der Waals surface area contributed by atoms with Crippen molar-refractivity contribution < 1.29 is 14.6 Å². The monoisotopic (exact) mass is 235 g/mol. The van der Waals surface area contributed by atoms with E-state index in [9.17, 15) is 9.90 Å². The lowest BCUT2D eigenvalue weighted by Crippen LogP contribution is -2.48. The minimum Gasteiger partial charge on any atom is -0.379 e. The molecule has 0 aromatic heterocycles. The second kappa shape index (κ2) is 4.85. The van der Waals surface area contributed by atoms with E-state index < -0.39 is 6.10 Å². The van der Waals surface area contributed by atoms with Crippen LogP contribution in [0.25, 0.3) is 0 Å². The van der Waals surface area contributed by atoms with Gasteiger partial charge in [-0.2, -0.15) is 0 Å². The molecule has 4 heteroatoms. The Bertz CT molecular complexity index is 385. The highest BCUT2D eigenvalue weighted by Gasteiger charge is 2.33. The zero-order chi connectivity index (χ0) is 12.3. The largest absolute Gasteiger partial charge is 0.379 e. The van der Waals surface area contributed by atoms with Crippen molar-refractivity contribution in [2.75, 3.05) is 13.2 Å². The molecular formula is C13H17NO3. The maximum atomic E-state index is 11.9. The van der Waals surface area contributed by atoms with Gasteiger partial charge in [-0.05, 0) is 18.9 Å². The number of aliphatic hydroxyl groups is 1. The highest BCUT2D eigenvalue weighted by atomic mass is 16.5. The standard InChI is InChI=1S/C13H17NO3/c1-13(7-8-17-9-13)14-12(16)11(15)10-5-3-2-4-6-10/h2-6,11,15H,7-9H2,1H3,(H,14,16). The Balaban J connectivity index is 2.01. The van der Waals surface area contributed by atoms with Crippen molar-refractivity contribution >= 4 is 5.91 Å². The fourth-order valence-electron chi connectivity index (χ4n) is 1.92. The zero-order valence-electron chi connectivity index (χ0n) is 9.85. The maximum Gasteiger partial charge on any atom is 0.253 e. The van der Waals surface area contributed by atoms with Gasteiger partial charge < -0.3 is 15.2 Å². The average Bonchev–Trinajstić information content (AvgIpc) is 2.76. The molecule has 4 nitrogen and oxygen atoms in total. The number of hydrogen-bond acceptors (Lipinski definition) is 3. The van der Waals surface area contributed by atoms with E-state index in [1.807, 2.05) is 13.0 Å². The lowest BCUT2D eigenvalue weighted by atomic mass is 10.0. The highest BCUT2D eigenvalue weighted by molar-refractivity contribution is 5.82. The third-order valence-corrected chi connectivity index (χ3v) is 3.01. The second-order valence-electron chi connectivity index (χ2n) is 4.67. The summed E-state index contributed by atoms with van der Waals surface area (Å²) in [4.78, 5) is 11.9. The van der Waals surface area contributed by atoms with Crippen LogP contribution in [-0.4, -0.2) is 29.8 Å². The third kappa shape index (κ3) is 2.84. The van der Waals surface area contributed by atoms with Crippen LogP contribution in [-0.2, 0) is 9.53 Å². The molecule has 2 unspecified atom stereocenters. The summed E-state index contributed by atoms with van der Waals surface area (Å²) in [6.45, 7) is 3.08. The van der Waals surface area contributed by atoms with Crippen molar-refractivity contribution in [2.24, 2.45) is 0 Å². The number of nitrogens with one attached hydrogen (secondary N) is 1. The van der Waals surface area contributed by atoms with Gasteiger partial charge in [0.2, 0.25) is 0 Å². The van der Waals surface area contributed by atoms with E-state index in [0.717, 1.165) is 6.42 Å². The topological polar surface area (TPSA) is 58.6 Å². The van der Waals surface area contributed by atoms with E-state index >= 15 is 0 Å². The van der Waals surface area contributed by atoms with E-state index in [2.05, 4.69) is 5.32 Å². The van der Waals surface area contributed by atoms with Gasteiger partial charge in [0.1, 0.15) is 0 Å². The number of rotatable bonds is 3. The van der Waals surface area contributed by atoms with Gasteiger partial charge in [-0.1, -0.05) is 30.3 Å². The Morgan fingerprint density at radius 2 is 2.18 bits per heavy atom. The smallest absolute Gasteiger partial charge is 0.253 e. The summed E-state index contributed by atoms with van der Waals surface area (Å²) in [5, 5.41) is 12.8. The van der Waals surface area contributed by atoms with Gasteiger partial charge in [0.05, 0.1) is 12.1 Å². The molecular weight excluding hydrogens is 218 g/mol. The minimum atomic E-state index is -1.12. The molecule has 17 heavy (non-hydrogen) atoms. The predicted octanol–water partition coefficient (Wildman–Crippen LogP) is 1.02. The zero-order valence-corrected chi connectivity index (χ0v) is 9.85. The van der Waals surface area contributed by atoms with Crippen LogP contribution in [0, 0.1) is 0 Å². The van der Waals surface area contributed by atoms with Crippen molar-refractivity contribution in [1.29, 1.82) is 0 Å². The lowest BCUT2D eigenvalue weighted by molar-refractivity contribution is -0.131. The molecule has 0 bridgehead atoms. The average molecular weight is 235 g/mol. The van der Waals surface area contributed by atoms with Gasteiger partial charge in [-0.25, -0.2) is 0 Å². The van der Waals surface area contributed by atoms with Gasteiger partial charge >= 0.3 is 0 Å². The summed E-state index contributed by atoms with van der Waals surface area (Å²) in [7, 11) is 0. The molecule has 1 aromatic rings. The van der Waals surface area contributed by atoms with Crippen molar-refractivity contribution in [2.45, 2.75) is 25.0 Å². The first-order valence-electron chi connectivity index (χ1n) is 5.73. The number of benzene rings is 1. The summed E-state index contributed by atoms with van der Waals surface area (Å²) in [5.41, 5.74) is 0.250. The van der Waals surface area contributed by atoms with Crippen LogP contribution in [0.15, 0.2) is 30.3 Å². The summed E-state index contributed by atoms with van der Waals surface area (Å²) in [6, 6.07) is 8.91. The first kappa shape index (κ1) is 12.1. The number of carbonyl (C=O) groups is 1. The van der Waals surface area contributed by atoms with Gasteiger partial charge in [0, 0.05) is 6.61 Å². The first-order chi connectivity index (χ1) is 8.11. The van der Waals surface area contributed by atoms with Crippen LogP contribution in [0.3, 0.4) is 0 Å². The molecule has 0 spiro atoms. The number of ether oxygens (including phenoxy) is 1. The molecule has 1 saturated heterocycles. The molecule has 0 saturated carbocycles. The van der Waals surface area contributed by atoms with Crippen LogP contribution >= 0.6 is 0 Å². The highest BCUT2D eigenvalue weighted by Crippen LogP contribution is 2.20. The second-order valence-corrected chi connectivity index (χ2v) is 4.67. The van der Waals surface area contributed by atoms with Gasteiger partial charge in [0.15, 0.2) is 6.10 Å². The Hall–Kier alpha value is -1.39. The van der Waals surface area contributed by atoms with Crippen molar-refractivity contribution in [1.82, 2.24) is 5.32 Å². The Labute approximate surface area is 101 Å². The fourth-order valence-corrected chi connectivity index (χ4v) is 1.92. The summed E-state index contributed by atoms with van der Waals surface area (Å²) < 4.78 is 5.25. The molecule has 1 heterocycles. The SMILES string of the molecule is CC1(NC(=O)C(O)c2ccccc2)CCOC1.